The maximum absolute atomic E-state index is 11.9. The highest BCUT2D eigenvalue weighted by Gasteiger charge is 2.07. The van der Waals surface area contributed by atoms with Crippen LogP contribution in [0.15, 0.2) is 18.2 Å². The number of anilines is 1. The van der Waals surface area contributed by atoms with Gasteiger partial charge in [0.15, 0.2) is 0 Å². The number of unbranched alkanes of at least 4 members (excludes halogenated alkanes) is 1. The third-order valence-electron chi connectivity index (χ3n) is 2.94. The highest BCUT2D eigenvalue weighted by molar-refractivity contribution is 5.80. The van der Waals surface area contributed by atoms with Crippen molar-refractivity contribution in [3.05, 3.63) is 29.3 Å². The monoisotopic (exact) mass is 248 g/mol. The van der Waals surface area contributed by atoms with E-state index in [1.165, 1.54) is 11.1 Å². The van der Waals surface area contributed by atoms with Gasteiger partial charge in [-0.25, -0.2) is 0 Å². The van der Waals surface area contributed by atoms with E-state index in [-0.39, 0.29) is 5.91 Å². The standard InChI is InChI=1S/C15H24N2O/c1-5-6-7-17(4)15(18)11-16-14-9-12(2)8-13(3)10-14/h8-10,16H,5-7,11H2,1-4H3. The number of rotatable bonds is 6. The van der Waals surface area contributed by atoms with Gasteiger partial charge >= 0.3 is 0 Å². The highest BCUT2D eigenvalue weighted by atomic mass is 16.2. The summed E-state index contributed by atoms with van der Waals surface area (Å²) in [7, 11) is 1.86. The molecule has 0 radical (unpaired) electrons. The van der Waals surface area contributed by atoms with Gasteiger partial charge in [-0.05, 0) is 43.5 Å². The van der Waals surface area contributed by atoms with Crippen LogP contribution in [-0.4, -0.2) is 30.9 Å². The summed E-state index contributed by atoms with van der Waals surface area (Å²) in [5.74, 6) is 0.141. The van der Waals surface area contributed by atoms with Crippen LogP contribution in [0.3, 0.4) is 0 Å². The number of hydrogen-bond donors (Lipinski definition) is 1. The Kier molecular flexibility index (Phi) is 5.69. The van der Waals surface area contributed by atoms with E-state index in [1.54, 1.807) is 4.90 Å². The predicted molar refractivity (Wildman–Crippen MR) is 77.0 cm³/mol. The van der Waals surface area contributed by atoms with Crippen molar-refractivity contribution in [3.63, 3.8) is 0 Å². The number of carbonyl (C=O) groups excluding carboxylic acids is 1. The Morgan fingerprint density at radius 1 is 1.22 bits per heavy atom. The minimum atomic E-state index is 0.141. The van der Waals surface area contributed by atoms with Gasteiger partial charge in [0.25, 0.3) is 0 Å². The lowest BCUT2D eigenvalue weighted by Crippen LogP contribution is -2.32. The molecular weight excluding hydrogens is 224 g/mol. The van der Waals surface area contributed by atoms with E-state index in [9.17, 15) is 4.79 Å². The van der Waals surface area contributed by atoms with Gasteiger partial charge in [-0.1, -0.05) is 19.4 Å². The maximum atomic E-state index is 11.9. The van der Waals surface area contributed by atoms with Crippen molar-refractivity contribution in [3.8, 4) is 0 Å². The molecule has 0 aromatic heterocycles. The summed E-state index contributed by atoms with van der Waals surface area (Å²) in [6.45, 7) is 7.46. The summed E-state index contributed by atoms with van der Waals surface area (Å²) in [5.41, 5.74) is 3.44. The number of hydrogen-bond acceptors (Lipinski definition) is 2. The molecule has 3 nitrogen and oxygen atoms in total. The molecule has 1 amide bonds. The van der Waals surface area contributed by atoms with Crippen molar-refractivity contribution < 1.29 is 4.79 Å². The fourth-order valence-electron chi connectivity index (χ4n) is 1.91. The van der Waals surface area contributed by atoms with Gasteiger partial charge in [-0.2, -0.15) is 0 Å². The molecule has 0 aliphatic carbocycles. The van der Waals surface area contributed by atoms with Crippen molar-refractivity contribution in [2.24, 2.45) is 0 Å². The van der Waals surface area contributed by atoms with Gasteiger partial charge in [-0.3, -0.25) is 4.79 Å². The number of benzene rings is 1. The molecule has 18 heavy (non-hydrogen) atoms. The molecule has 0 unspecified atom stereocenters. The van der Waals surface area contributed by atoms with Crippen LogP contribution >= 0.6 is 0 Å². The molecule has 0 saturated carbocycles. The Bertz CT molecular complexity index is 381. The molecule has 3 heteroatoms. The van der Waals surface area contributed by atoms with Gasteiger partial charge in [-0.15, -0.1) is 0 Å². The van der Waals surface area contributed by atoms with Crippen LogP contribution in [0.1, 0.15) is 30.9 Å². The van der Waals surface area contributed by atoms with Gasteiger partial charge in [0, 0.05) is 19.3 Å². The van der Waals surface area contributed by atoms with Crippen LogP contribution in [0.25, 0.3) is 0 Å². The molecule has 0 saturated heterocycles. The smallest absolute Gasteiger partial charge is 0.241 e. The van der Waals surface area contributed by atoms with Crippen molar-refractivity contribution >= 4 is 11.6 Å². The number of aryl methyl sites for hydroxylation is 2. The van der Waals surface area contributed by atoms with Crippen LogP contribution in [0.4, 0.5) is 5.69 Å². The molecule has 0 heterocycles. The molecule has 1 rings (SSSR count). The quantitative estimate of drug-likeness (QED) is 0.839. The van der Waals surface area contributed by atoms with Crippen molar-refractivity contribution in [2.45, 2.75) is 33.6 Å². The number of carbonyl (C=O) groups is 1. The minimum Gasteiger partial charge on any atom is -0.376 e. The average Bonchev–Trinajstić information content (AvgIpc) is 2.31. The zero-order chi connectivity index (χ0) is 13.5. The summed E-state index contributed by atoms with van der Waals surface area (Å²) in [6, 6.07) is 6.25. The van der Waals surface area contributed by atoms with Crippen molar-refractivity contribution in [2.75, 3.05) is 25.5 Å². The van der Waals surface area contributed by atoms with Gasteiger partial charge in [0.2, 0.25) is 5.91 Å². The van der Waals surface area contributed by atoms with E-state index in [0.717, 1.165) is 25.1 Å². The van der Waals surface area contributed by atoms with Crippen LogP contribution in [0.5, 0.6) is 0 Å². The Morgan fingerprint density at radius 2 is 1.83 bits per heavy atom. The fourth-order valence-corrected chi connectivity index (χ4v) is 1.91. The van der Waals surface area contributed by atoms with Gasteiger partial charge in [0.1, 0.15) is 0 Å². The Morgan fingerprint density at radius 3 is 2.39 bits per heavy atom. The first-order chi connectivity index (χ1) is 8.52. The zero-order valence-electron chi connectivity index (χ0n) is 11.9. The first kappa shape index (κ1) is 14.6. The average molecular weight is 248 g/mol. The SMILES string of the molecule is CCCCN(C)C(=O)CNc1cc(C)cc(C)c1. The predicted octanol–water partition coefficient (Wildman–Crippen LogP) is 2.97. The number of nitrogens with zero attached hydrogens (tertiary/aromatic N) is 1. The third-order valence-corrected chi connectivity index (χ3v) is 2.94. The lowest BCUT2D eigenvalue weighted by Gasteiger charge is -2.17. The largest absolute Gasteiger partial charge is 0.376 e. The molecule has 0 aliphatic heterocycles. The first-order valence-corrected chi connectivity index (χ1v) is 6.59. The molecule has 100 valence electrons. The lowest BCUT2D eigenvalue weighted by atomic mass is 10.1. The minimum absolute atomic E-state index is 0.141. The molecule has 0 fully saturated rings. The number of likely N-dealkylation sites (N-methyl/N-ethyl adjacent to an activating group) is 1. The Labute approximate surface area is 110 Å². The Hall–Kier alpha value is -1.51. The van der Waals surface area contributed by atoms with Crippen LogP contribution < -0.4 is 5.32 Å². The summed E-state index contributed by atoms with van der Waals surface area (Å²) < 4.78 is 0. The van der Waals surface area contributed by atoms with E-state index in [0.29, 0.717) is 6.54 Å². The van der Waals surface area contributed by atoms with Crippen molar-refractivity contribution in [1.29, 1.82) is 0 Å². The number of nitrogens with one attached hydrogen (secondary N) is 1. The third kappa shape index (κ3) is 4.78. The van der Waals surface area contributed by atoms with E-state index in [4.69, 9.17) is 0 Å². The van der Waals surface area contributed by atoms with Crippen molar-refractivity contribution in [1.82, 2.24) is 4.90 Å². The number of amides is 1. The highest BCUT2D eigenvalue weighted by Crippen LogP contribution is 2.13. The topological polar surface area (TPSA) is 32.3 Å². The van der Waals surface area contributed by atoms with E-state index in [1.807, 2.05) is 7.05 Å². The summed E-state index contributed by atoms with van der Waals surface area (Å²) in [5, 5.41) is 3.19. The summed E-state index contributed by atoms with van der Waals surface area (Å²) in [4.78, 5) is 13.6. The van der Waals surface area contributed by atoms with Gasteiger partial charge in [0.05, 0.1) is 6.54 Å². The molecule has 0 aliphatic rings. The van der Waals surface area contributed by atoms with Crippen LogP contribution in [-0.2, 0) is 4.79 Å². The summed E-state index contributed by atoms with van der Waals surface area (Å²) >= 11 is 0. The van der Waals surface area contributed by atoms with Gasteiger partial charge < -0.3 is 10.2 Å². The molecule has 0 spiro atoms. The van der Waals surface area contributed by atoms with E-state index >= 15 is 0 Å². The molecule has 1 aromatic rings. The molecule has 1 aromatic carbocycles. The Balaban J connectivity index is 2.46. The molecule has 1 N–H and O–H groups in total. The molecule has 0 atom stereocenters. The second-order valence-corrected chi connectivity index (χ2v) is 4.90. The molecular formula is C15H24N2O. The zero-order valence-corrected chi connectivity index (χ0v) is 11.9. The first-order valence-electron chi connectivity index (χ1n) is 6.59. The van der Waals surface area contributed by atoms with E-state index < -0.39 is 0 Å². The lowest BCUT2D eigenvalue weighted by molar-refractivity contribution is -0.128. The fraction of sp³-hybridized carbons (Fsp3) is 0.533. The second-order valence-electron chi connectivity index (χ2n) is 4.90. The van der Waals surface area contributed by atoms with E-state index in [2.05, 4.69) is 44.3 Å². The second kappa shape index (κ2) is 7.04. The summed E-state index contributed by atoms with van der Waals surface area (Å²) in [6.07, 6.45) is 2.17. The maximum Gasteiger partial charge on any atom is 0.241 e. The normalized spacial score (nSPS) is 10.2. The van der Waals surface area contributed by atoms with Crippen LogP contribution in [0, 0.1) is 13.8 Å². The molecule has 0 bridgehead atoms. The van der Waals surface area contributed by atoms with Crippen LogP contribution in [0.2, 0.25) is 0 Å².